The van der Waals surface area contributed by atoms with E-state index in [2.05, 4.69) is 35.5 Å². The summed E-state index contributed by atoms with van der Waals surface area (Å²) in [7, 11) is 0. The number of amides is 1. The van der Waals surface area contributed by atoms with Crippen LogP contribution in [0.2, 0.25) is 0 Å². The van der Waals surface area contributed by atoms with E-state index in [-0.39, 0.29) is 11.4 Å². The number of rotatable bonds is 5. The zero-order chi connectivity index (χ0) is 22.5. The maximum absolute atomic E-state index is 11.6. The number of hydrogen-bond acceptors (Lipinski definition) is 5. The molecule has 0 aliphatic heterocycles. The van der Waals surface area contributed by atoms with E-state index in [9.17, 15) is 10.1 Å². The number of aromatic nitrogens is 3. The van der Waals surface area contributed by atoms with Crippen LogP contribution in [0.1, 0.15) is 57.2 Å². The fourth-order valence-electron chi connectivity index (χ4n) is 5.75. The van der Waals surface area contributed by atoms with Gasteiger partial charge in [0.05, 0.1) is 30.1 Å². The lowest BCUT2D eigenvalue weighted by atomic mass is 9.50. The van der Waals surface area contributed by atoms with Crippen LogP contribution in [0.25, 0.3) is 16.6 Å². The van der Waals surface area contributed by atoms with Crippen molar-refractivity contribution in [2.24, 2.45) is 11.8 Å². The molecule has 7 heteroatoms. The van der Waals surface area contributed by atoms with Crippen molar-refractivity contribution in [3.8, 4) is 22.9 Å². The zero-order valence-corrected chi connectivity index (χ0v) is 18.6. The molecule has 2 atom stereocenters. The molecule has 0 radical (unpaired) electrons. The third-order valence-corrected chi connectivity index (χ3v) is 7.38. The first-order valence-electron chi connectivity index (χ1n) is 11.2. The van der Waals surface area contributed by atoms with Crippen molar-refractivity contribution < 1.29 is 9.53 Å². The minimum absolute atomic E-state index is 0.0559. The largest absolute Gasteiger partial charge is 0.492 e. The smallest absolute Gasteiger partial charge is 0.217 e. The van der Waals surface area contributed by atoms with Gasteiger partial charge in [-0.2, -0.15) is 10.4 Å². The fourth-order valence-corrected chi connectivity index (χ4v) is 5.75. The van der Waals surface area contributed by atoms with E-state index < -0.39 is 0 Å². The molecule has 6 rings (SSSR count). The molecule has 3 fully saturated rings. The van der Waals surface area contributed by atoms with Crippen molar-refractivity contribution in [1.82, 2.24) is 19.9 Å². The van der Waals surface area contributed by atoms with E-state index >= 15 is 0 Å². The number of nitrogens with one attached hydrogen (secondary N) is 1. The molecule has 2 bridgehead atoms. The van der Waals surface area contributed by atoms with Gasteiger partial charge in [0.1, 0.15) is 11.8 Å². The summed E-state index contributed by atoms with van der Waals surface area (Å²) in [5.74, 6) is 2.18. The lowest BCUT2D eigenvalue weighted by Gasteiger charge is -2.60. The predicted octanol–water partition coefficient (Wildman–Crippen LogP) is 4.07. The predicted molar refractivity (Wildman–Crippen MR) is 120 cm³/mol. The fraction of sp³-hybridized carbons (Fsp3) is 0.440. The third kappa shape index (κ3) is 3.22. The van der Waals surface area contributed by atoms with E-state index in [4.69, 9.17) is 9.72 Å². The van der Waals surface area contributed by atoms with Gasteiger partial charge in [-0.1, -0.05) is 6.07 Å². The molecule has 3 aromatic rings. The molecule has 1 N–H and O–H groups in total. The Labute approximate surface area is 187 Å². The molecule has 0 spiro atoms. The van der Waals surface area contributed by atoms with Crippen LogP contribution in [0.5, 0.6) is 5.75 Å². The van der Waals surface area contributed by atoms with E-state index in [0.717, 1.165) is 35.2 Å². The second-order valence-electron chi connectivity index (χ2n) is 9.22. The summed E-state index contributed by atoms with van der Waals surface area (Å²) in [6.45, 7) is 6.29. The molecule has 3 aliphatic carbocycles. The molecule has 7 nitrogen and oxygen atoms in total. The van der Waals surface area contributed by atoms with Crippen LogP contribution in [-0.4, -0.2) is 32.7 Å². The Balaban J connectivity index is 1.43. The van der Waals surface area contributed by atoms with Crippen molar-refractivity contribution in [3.05, 3.63) is 48.0 Å². The highest BCUT2D eigenvalue weighted by Gasteiger charge is 2.56. The zero-order valence-electron chi connectivity index (χ0n) is 18.6. The molecule has 1 amide bonds. The lowest BCUT2D eigenvalue weighted by molar-refractivity contribution is -0.128. The van der Waals surface area contributed by atoms with Crippen LogP contribution in [0.15, 0.2) is 36.8 Å². The number of carbonyl (C=O) groups excluding carboxylic acids is 1. The quantitative estimate of drug-likeness (QED) is 0.660. The number of pyridine rings is 2. The number of fused-ring (bicyclic) bond motifs is 3. The molecule has 3 saturated carbocycles. The van der Waals surface area contributed by atoms with Crippen LogP contribution < -0.4 is 10.1 Å². The number of ether oxygens (including phenoxy) is 1. The average Bonchev–Trinajstić information content (AvgIpc) is 3.21. The second-order valence-corrected chi connectivity index (χ2v) is 9.22. The van der Waals surface area contributed by atoms with Gasteiger partial charge in [0.25, 0.3) is 0 Å². The summed E-state index contributed by atoms with van der Waals surface area (Å²) in [5.41, 5.74) is 4.13. The average molecular weight is 430 g/mol. The molecule has 3 aliphatic rings. The molecule has 0 aromatic carbocycles. The molecule has 0 saturated heterocycles. The summed E-state index contributed by atoms with van der Waals surface area (Å²) in [5, 5.41) is 17.0. The summed E-state index contributed by atoms with van der Waals surface area (Å²) >= 11 is 0. The van der Waals surface area contributed by atoms with E-state index in [1.54, 1.807) is 23.8 Å². The summed E-state index contributed by atoms with van der Waals surface area (Å²) < 4.78 is 7.41. The van der Waals surface area contributed by atoms with Gasteiger partial charge < -0.3 is 10.1 Å². The van der Waals surface area contributed by atoms with Crippen molar-refractivity contribution in [2.75, 3.05) is 6.61 Å². The highest BCUT2D eigenvalue weighted by Crippen LogP contribution is 2.57. The van der Waals surface area contributed by atoms with Crippen LogP contribution in [0, 0.1) is 23.2 Å². The number of nitriles is 1. The molecule has 32 heavy (non-hydrogen) atoms. The Morgan fingerprint density at radius 3 is 2.72 bits per heavy atom. The van der Waals surface area contributed by atoms with Crippen molar-refractivity contribution in [2.45, 2.75) is 51.5 Å². The SMILES string of the molecule is CCOc1cc(-c2ccc(C3CC4CC(C3)C4(C)NC(C)=O)nc2)c2c(C#N)cnn2c1. The van der Waals surface area contributed by atoms with Crippen molar-refractivity contribution in [1.29, 1.82) is 5.26 Å². The van der Waals surface area contributed by atoms with Gasteiger partial charge in [-0.3, -0.25) is 9.78 Å². The third-order valence-electron chi connectivity index (χ3n) is 7.38. The molecule has 3 heterocycles. The Morgan fingerprint density at radius 1 is 1.31 bits per heavy atom. The van der Waals surface area contributed by atoms with Gasteiger partial charge in [0.2, 0.25) is 5.91 Å². The molecular weight excluding hydrogens is 402 g/mol. The Bertz CT molecular complexity index is 1210. The maximum Gasteiger partial charge on any atom is 0.217 e. The summed E-state index contributed by atoms with van der Waals surface area (Å²) in [6.07, 6.45) is 8.55. The van der Waals surface area contributed by atoms with Gasteiger partial charge in [-0.15, -0.1) is 0 Å². The Morgan fingerprint density at radius 2 is 2.09 bits per heavy atom. The Hall–Kier alpha value is -3.40. The maximum atomic E-state index is 11.6. The number of nitrogens with zero attached hydrogens (tertiary/aromatic N) is 4. The van der Waals surface area contributed by atoms with Crippen LogP contribution in [-0.2, 0) is 4.79 Å². The number of hydrogen-bond donors (Lipinski definition) is 1. The van der Waals surface area contributed by atoms with Gasteiger partial charge in [-0.25, -0.2) is 4.52 Å². The monoisotopic (exact) mass is 429 g/mol. The molecule has 3 aromatic heterocycles. The standard InChI is InChI=1S/C25H27N5O2/c1-4-32-21-10-22(24-18(11-26)13-28-30(24)14-21)16-5-6-23(27-12-16)17-7-19-9-20(8-17)25(19,3)29-15(2)31/h5-6,10,12-14,17,19-20H,4,7-9H2,1-3H3,(H,29,31). The van der Waals surface area contributed by atoms with E-state index in [1.807, 2.05) is 19.2 Å². The van der Waals surface area contributed by atoms with E-state index in [0.29, 0.717) is 35.7 Å². The summed E-state index contributed by atoms with van der Waals surface area (Å²) in [4.78, 5) is 16.5. The minimum Gasteiger partial charge on any atom is -0.492 e. The first-order valence-corrected chi connectivity index (χ1v) is 11.2. The van der Waals surface area contributed by atoms with E-state index in [1.165, 1.54) is 6.42 Å². The first kappa shape index (κ1) is 20.5. The molecule has 2 unspecified atom stereocenters. The van der Waals surface area contributed by atoms with Gasteiger partial charge in [0.15, 0.2) is 0 Å². The van der Waals surface area contributed by atoms with Gasteiger partial charge >= 0.3 is 0 Å². The van der Waals surface area contributed by atoms with Gasteiger partial charge in [0, 0.05) is 41.4 Å². The lowest BCUT2D eigenvalue weighted by Crippen LogP contribution is -2.66. The van der Waals surface area contributed by atoms with Crippen molar-refractivity contribution in [3.63, 3.8) is 0 Å². The van der Waals surface area contributed by atoms with Crippen LogP contribution in [0.3, 0.4) is 0 Å². The highest BCUT2D eigenvalue weighted by molar-refractivity contribution is 5.85. The van der Waals surface area contributed by atoms with Gasteiger partial charge in [-0.05, 0) is 57.1 Å². The normalized spacial score (nSPS) is 26.2. The minimum atomic E-state index is -0.0662. The highest BCUT2D eigenvalue weighted by atomic mass is 16.5. The second kappa shape index (κ2) is 7.63. The molecular formula is C25H27N5O2. The van der Waals surface area contributed by atoms with Crippen LogP contribution >= 0.6 is 0 Å². The Kier molecular flexibility index (Phi) is 4.89. The number of carbonyl (C=O) groups is 1. The van der Waals surface area contributed by atoms with Crippen molar-refractivity contribution >= 4 is 11.4 Å². The summed E-state index contributed by atoms with van der Waals surface area (Å²) in [6, 6.07) is 8.36. The first-order chi connectivity index (χ1) is 15.4. The van der Waals surface area contributed by atoms with Crippen LogP contribution in [0.4, 0.5) is 0 Å². The topological polar surface area (TPSA) is 92.3 Å². The molecule has 164 valence electrons.